The first-order chi connectivity index (χ1) is 15.5. The molecule has 1 fully saturated rings. The predicted octanol–water partition coefficient (Wildman–Crippen LogP) is 5.13. The maximum atomic E-state index is 13.9. The summed E-state index contributed by atoms with van der Waals surface area (Å²) >= 11 is 1.12. The first-order valence-electron chi connectivity index (χ1n) is 9.90. The molecule has 0 radical (unpaired) electrons. The lowest BCUT2D eigenvalue weighted by Gasteiger charge is -2.32. The number of hydrogen-bond acceptors (Lipinski definition) is 4. The first kappa shape index (κ1) is 21.7. The zero-order valence-electron chi connectivity index (χ0n) is 16.9. The molecule has 1 saturated heterocycles. The zero-order chi connectivity index (χ0) is 22.5. The second-order valence-corrected chi connectivity index (χ2v) is 8.29. The van der Waals surface area contributed by atoms with Crippen molar-refractivity contribution in [2.75, 3.05) is 5.32 Å². The normalized spacial score (nSPS) is 17.4. The van der Waals surface area contributed by atoms with Crippen LogP contribution in [0.25, 0.3) is 0 Å². The highest BCUT2D eigenvalue weighted by molar-refractivity contribution is 8.15. The third-order valence-electron chi connectivity index (χ3n) is 4.80. The van der Waals surface area contributed by atoms with E-state index in [4.69, 9.17) is 0 Å². The van der Waals surface area contributed by atoms with E-state index in [1.807, 2.05) is 30.3 Å². The highest BCUT2D eigenvalue weighted by Gasteiger charge is 2.36. The summed E-state index contributed by atoms with van der Waals surface area (Å²) in [6.45, 7) is 0.286. The van der Waals surface area contributed by atoms with Crippen molar-refractivity contribution in [3.63, 3.8) is 0 Å². The molecule has 162 valence electrons. The molecule has 0 aromatic heterocycles. The molecule has 1 aliphatic rings. The van der Waals surface area contributed by atoms with Gasteiger partial charge in [0.15, 0.2) is 5.17 Å². The molecule has 1 heterocycles. The number of halogens is 2. The van der Waals surface area contributed by atoms with Crippen molar-refractivity contribution in [3.05, 3.63) is 96.1 Å². The van der Waals surface area contributed by atoms with Crippen LogP contribution in [0.5, 0.6) is 0 Å². The van der Waals surface area contributed by atoms with Crippen molar-refractivity contribution in [1.29, 1.82) is 0 Å². The number of amides is 2. The first-order valence-corrected chi connectivity index (χ1v) is 10.8. The van der Waals surface area contributed by atoms with Gasteiger partial charge in [0.05, 0.1) is 17.9 Å². The van der Waals surface area contributed by atoms with E-state index in [1.54, 1.807) is 6.07 Å². The average Bonchev–Trinajstić information content (AvgIpc) is 2.79. The highest BCUT2D eigenvalue weighted by Crippen LogP contribution is 2.31. The molecular formula is C24H19F2N3O2S. The Bertz CT molecular complexity index is 1150. The molecule has 0 aliphatic carbocycles. The van der Waals surface area contributed by atoms with Crippen molar-refractivity contribution in [2.24, 2.45) is 4.99 Å². The molecule has 0 saturated carbocycles. The standard InChI is InChI=1S/C24H19F2N3O2S/c25-17-10-12-18(13-11-17)27-24-29(15-16-6-2-1-3-7-16)22(30)14-21(32-24)23(31)28-20-9-5-4-8-19(20)26/h1-13,21H,14-15H2,(H,28,31). The maximum absolute atomic E-state index is 13.9. The van der Waals surface area contributed by atoms with Gasteiger partial charge in [0.1, 0.15) is 16.9 Å². The van der Waals surface area contributed by atoms with Crippen LogP contribution in [0.15, 0.2) is 83.9 Å². The van der Waals surface area contributed by atoms with E-state index in [2.05, 4.69) is 10.3 Å². The lowest BCUT2D eigenvalue weighted by atomic mass is 10.2. The van der Waals surface area contributed by atoms with Crippen LogP contribution in [0.4, 0.5) is 20.2 Å². The van der Waals surface area contributed by atoms with E-state index < -0.39 is 22.8 Å². The van der Waals surface area contributed by atoms with Crippen molar-refractivity contribution in [1.82, 2.24) is 4.90 Å². The summed E-state index contributed by atoms with van der Waals surface area (Å²) in [5.74, 6) is -1.72. The summed E-state index contributed by atoms with van der Waals surface area (Å²) in [5, 5.41) is 2.09. The van der Waals surface area contributed by atoms with Gasteiger partial charge in [-0.25, -0.2) is 13.8 Å². The number of para-hydroxylation sites is 1. The Morgan fingerprint density at radius 3 is 2.41 bits per heavy atom. The topological polar surface area (TPSA) is 61.8 Å². The second-order valence-electron chi connectivity index (χ2n) is 7.12. The van der Waals surface area contributed by atoms with Gasteiger partial charge in [-0.15, -0.1) is 0 Å². The monoisotopic (exact) mass is 451 g/mol. The largest absolute Gasteiger partial charge is 0.323 e. The van der Waals surface area contributed by atoms with E-state index in [0.717, 1.165) is 17.3 Å². The summed E-state index contributed by atoms with van der Waals surface area (Å²) in [6.07, 6.45) is -0.0553. The maximum Gasteiger partial charge on any atom is 0.238 e. The zero-order valence-corrected chi connectivity index (χ0v) is 17.7. The van der Waals surface area contributed by atoms with E-state index in [-0.39, 0.29) is 24.6 Å². The molecule has 2 amide bonds. The van der Waals surface area contributed by atoms with E-state index in [9.17, 15) is 18.4 Å². The summed E-state index contributed by atoms with van der Waals surface area (Å²) in [6, 6.07) is 20.8. The van der Waals surface area contributed by atoms with Crippen LogP contribution < -0.4 is 5.32 Å². The second kappa shape index (κ2) is 9.74. The van der Waals surface area contributed by atoms with Crippen LogP contribution in [0.3, 0.4) is 0 Å². The summed E-state index contributed by atoms with van der Waals surface area (Å²) in [4.78, 5) is 31.8. The van der Waals surface area contributed by atoms with E-state index >= 15 is 0 Å². The quantitative estimate of drug-likeness (QED) is 0.585. The molecule has 32 heavy (non-hydrogen) atoms. The Morgan fingerprint density at radius 2 is 1.69 bits per heavy atom. The van der Waals surface area contributed by atoms with Crippen molar-refractivity contribution in [3.8, 4) is 0 Å². The highest BCUT2D eigenvalue weighted by atomic mass is 32.2. The van der Waals surface area contributed by atoms with Gasteiger partial charge < -0.3 is 5.32 Å². The molecule has 8 heteroatoms. The molecule has 3 aromatic rings. The Hall–Kier alpha value is -3.52. The van der Waals surface area contributed by atoms with Gasteiger partial charge in [-0.2, -0.15) is 0 Å². The van der Waals surface area contributed by atoms with Crippen LogP contribution in [-0.4, -0.2) is 27.1 Å². The van der Waals surface area contributed by atoms with Crippen molar-refractivity contribution >= 4 is 40.1 Å². The number of benzene rings is 3. The Morgan fingerprint density at radius 1 is 1.00 bits per heavy atom. The molecule has 3 aromatic carbocycles. The van der Waals surface area contributed by atoms with Gasteiger partial charge in [-0.3, -0.25) is 14.5 Å². The molecule has 1 atom stereocenters. The average molecular weight is 451 g/mol. The van der Waals surface area contributed by atoms with Gasteiger partial charge in [-0.05, 0) is 42.0 Å². The van der Waals surface area contributed by atoms with Crippen LogP contribution in [-0.2, 0) is 16.1 Å². The third kappa shape index (κ3) is 5.20. The van der Waals surface area contributed by atoms with Gasteiger partial charge in [-0.1, -0.05) is 54.2 Å². The van der Waals surface area contributed by atoms with Crippen LogP contribution >= 0.6 is 11.8 Å². The molecular weight excluding hydrogens is 432 g/mol. The van der Waals surface area contributed by atoms with Gasteiger partial charge in [0, 0.05) is 6.42 Å². The smallest absolute Gasteiger partial charge is 0.238 e. The molecule has 1 aliphatic heterocycles. The molecule has 5 nitrogen and oxygen atoms in total. The van der Waals surface area contributed by atoms with Crippen molar-refractivity contribution < 1.29 is 18.4 Å². The molecule has 1 N–H and O–H groups in total. The lowest BCUT2D eigenvalue weighted by Crippen LogP contribution is -2.44. The summed E-state index contributed by atoms with van der Waals surface area (Å²) in [7, 11) is 0. The number of nitrogens with one attached hydrogen (secondary N) is 1. The van der Waals surface area contributed by atoms with Crippen LogP contribution in [0.2, 0.25) is 0 Å². The minimum Gasteiger partial charge on any atom is -0.323 e. The Kier molecular flexibility index (Phi) is 6.61. The molecule has 0 bridgehead atoms. The van der Waals surface area contributed by atoms with E-state index in [0.29, 0.717) is 10.9 Å². The Balaban J connectivity index is 1.60. The fourth-order valence-corrected chi connectivity index (χ4v) is 4.26. The number of nitrogens with zero attached hydrogens (tertiary/aromatic N) is 2. The summed E-state index contributed by atoms with van der Waals surface area (Å²) < 4.78 is 27.2. The van der Waals surface area contributed by atoms with E-state index in [1.165, 1.54) is 47.4 Å². The molecule has 0 spiro atoms. The number of rotatable bonds is 5. The van der Waals surface area contributed by atoms with Gasteiger partial charge >= 0.3 is 0 Å². The number of aliphatic imine (C=N–C) groups is 1. The fraction of sp³-hybridized carbons (Fsp3) is 0.125. The fourth-order valence-electron chi connectivity index (χ4n) is 3.16. The molecule has 1 unspecified atom stereocenters. The number of carbonyl (C=O) groups is 2. The lowest BCUT2D eigenvalue weighted by molar-refractivity contribution is -0.129. The Labute approximate surface area is 188 Å². The predicted molar refractivity (Wildman–Crippen MR) is 122 cm³/mol. The number of amidine groups is 1. The van der Waals surface area contributed by atoms with Crippen molar-refractivity contribution in [2.45, 2.75) is 18.2 Å². The van der Waals surface area contributed by atoms with Crippen LogP contribution in [0.1, 0.15) is 12.0 Å². The number of thioether (sulfide) groups is 1. The minimum atomic E-state index is -0.784. The molecule has 4 rings (SSSR count). The van der Waals surface area contributed by atoms with Gasteiger partial charge in [0.2, 0.25) is 11.8 Å². The number of hydrogen-bond donors (Lipinski definition) is 1. The number of carbonyl (C=O) groups excluding carboxylic acids is 2. The summed E-state index contributed by atoms with van der Waals surface area (Å²) in [5.41, 5.74) is 1.41. The number of anilines is 1. The minimum absolute atomic E-state index is 0.0503. The SMILES string of the molecule is O=C(Nc1ccccc1F)C1CC(=O)N(Cc2ccccc2)C(=Nc2ccc(F)cc2)S1. The third-order valence-corrected chi connectivity index (χ3v) is 5.99. The van der Waals surface area contributed by atoms with Crippen LogP contribution in [0, 0.1) is 11.6 Å². The van der Waals surface area contributed by atoms with Gasteiger partial charge in [0.25, 0.3) is 0 Å².